The zero-order valence-corrected chi connectivity index (χ0v) is 10.5. The summed E-state index contributed by atoms with van der Waals surface area (Å²) in [6.07, 6.45) is -0.803. The van der Waals surface area contributed by atoms with Crippen molar-refractivity contribution in [2.75, 3.05) is 13.2 Å². The second kappa shape index (κ2) is 5.52. The fourth-order valence-corrected chi connectivity index (χ4v) is 2.95. The summed E-state index contributed by atoms with van der Waals surface area (Å²) in [5.74, 6) is -0.121. The summed E-state index contributed by atoms with van der Waals surface area (Å²) in [6, 6.07) is -0.511. The largest absolute Gasteiger partial charge is 0.394 e. The molecule has 1 amide bonds. The first kappa shape index (κ1) is 13.7. The van der Waals surface area contributed by atoms with E-state index in [4.69, 9.17) is 9.84 Å². The molecule has 18 heavy (non-hydrogen) atoms. The zero-order chi connectivity index (χ0) is 13.3. The Morgan fingerprint density at radius 1 is 1.33 bits per heavy atom. The van der Waals surface area contributed by atoms with Crippen LogP contribution in [0, 0.1) is 0 Å². The Kier molecular flexibility index (Phi) is 4.21. The van der Waals surface area contributed by atoms with Crippen LogP contribution in [-0.4, -0.2) is 69.7 Å². The molecule has 0 aromatic rings. The molecule has 2 aliphatic rings. The third kappa shape index (κ3) is 2.38. The highest BCUT2D eigenvalue weighted by atomic mass is 16.5. The van der Waals surface area contributed by atoms with E-state index in [0.717, 1.165) is 19.3 Å². The van der Waals surface area contributed by atoms with Gasteiger partial charge >= 0.3 is 0 Å². The smallest absolute Gasteiger partial charge is 0.219 e. The lowest BCUT2D eigenvalue weighted by molar-refractivity contribution is -0.212. The van der Waals surface area contributed by atoms with Gasteiger partial charge in [-0.05, 0) is 19.3 Å². The maximum absolute atomic E-state index is 11.6. The standard InChI is InChI=1S/C12H21NO5/c1-7(15)13-5-3-2-4-8-10(13)12(17)11(16)9(6-14)18-8/h8-12,14,16-17H,2-6H2,1H3/t8-,9+,10-,11-,12+/m0/s1. The minimum absolute atomic E-state index is 0.121. The number of rotatable bonds is 1. The Hall–Kier alpha value is -0.690. The first-order valence-electron chi connectivity index (χ1n) is 6.46. The summed E-state index contributed by atoms with van der Waals surface area (Å²) < 4.78 is 5.63. The molecule has 0 saturated carbocycles. The number of amides is 1. The van der Waals surface area contributed by atoms with Crippen LogP contribution < -0.4 is 0 Å². The number of hydrogen-bond acceptors (Lipinski definition) is 5. The van der Waals surface area contributed by atoms with Crippen molar-refractivity contribution in [3.8, 4) is 0 Å². The van der Waals surface area contributed by atoms with Gasteiger partial charge in [-0.2, -0.15) is 0 Å². The molecule has 3 N–H and O–H groups in total. The van der Waals surface area contributed by atoms with Crippen LogP contribution in [0.3, 0.4) is 0 Å². The Labute approximate surface area is 106 Å². The van der Waals surface area contributed by atoms with Crippen LogP contribution in [0.15, 0.2) is 0 Å². The molecular weight excluding hydrogens is 238 g/mol. The van der Waals surface area contributed by atoms with Gasteiger partial charge in [-0.3, -0.25) is 4.79 Å². The highest BCUT2D eigenvalue weighted by Crippen LogP contribution is 2.30. The Morgan fingerprint density at radius 2 is 2.06 bits per heavy atom. The molecule has 0 aliphatic carbocycles. The number of hydrogen-bond donors (Lipinski definition) is 3. The number of ether oxygens (including phenoxy) is 1. The highest BCUT2D eigenvalue weighted by Gasteiger charge is 2.47. The Morgan fingerprint density at radius 3 is 2.67 bits per heavy atom. The van der Waals surface area contributed by atoms with Gasteiger partial charge < -0.3 is 25.0 Å². The number of nitrogens with zero attached hydrogens (tertiary/aromatic N) is 1. The second-order valence-corrected chi connectivity index (χ2v) is 5.08. The Bertz CT molecular complexity index is 311. The molecule has 0 bridgehead atoms. The predicted octanol–water partition coefficient (Wildman–Crippen LogP) is -1.13. The van der Waals surface area contributed by atoms with Gasteiger partial charge in [0.1, 0.15) is 18.3 Å². The van der Waals surface area contributed by atoms with Crippen molar-refractivity contribution in [3.63, 3.8) is 0 Å². The van der Waals surface area contributed by atoms with Crippen molar-refractivity contribution in [2.45, 2.75) is 56.6 Å². The van der Waals surface area contributed by atoms with Crippen LogP contribution in [0.1, 0.15) is 26.2 Å². The normalized spacial score (nSPS) is 41.1. The van der Waals surface area contributed by atoms with Crippen LogP contribution in [0.4, 0.5) is 0 Å². The molecule has 2 rings (SSSR count). The molecule has 2 aliphatic heterocycles. The predicted molar refractivity (Wildman–Crippen MR) is 62.8 cm³/mol. The van der Waals surface area contributed by atoms with Crippen molar-refractivity contribution < 1.29 is 24.9 Å². The maximum atomic E-state index is 11.6. The minimum atomic E-state index is -1.16. The number of carbonyl (C=O) groups excluding carboxylic acids is 1. The van der Waals surface area contributed by atoms with E-state index in [0.29, 0.717) is 6.54 Å². The molecule has 0 radical (unpaired) electrons. The third-order valence-corrected chi connectivity index (χ3v) is 3.89. The SMILES string of the molecule is CC(=O)N1CCCC[C@@H]2O[C@H](CO)[C@H](O)[C@H](O)[C@H]21. The van der Waals surface area contributed by atoms with E-state index >= 15 is 0 Å². The molecule has 0 unspecified atom stereocenters. The van der Waals surface area contributed by atoms with E-state index < -0.39 is 24.4 Å². The summed E-state index contributed by atoms with van der Waals surface area (Å²) in [4.78, 5) is 13.2. The lowest BCUT2D eigenvalue weighted by Gasteiger charge is -2.45. The fourth-order valence-electron chi connectivity index (χ4n) is 2.95. The van der Waals surface area contributed by atoms with E-state index in [2.05, 4.69) is 0 Å². The highest BCUT2D eigenvalue weighted by molar-refractivity contribution is 5.73. The van der Waals surface area contributed by atoms with E-state index in [1.54, 1.807) is 4.90 Å². The van der Waals surface area contributed by atoms with Gasteiger partial charge in [0.15, 0.2) is 0 Å². The minimum Gasteiger partial charge on any atom is -0.394 e. The first-order chi connectivity index (χ1) is 8.56. The maximum Gasteiger partial charge on any atom is 0.219 e. The summed E-state index contributed by atoms with van der Waals surface area (Å²) in [6.45, 7) is 1.70. The van der Waals surface area contributed by atoms with Crippen molar-refractivity contribution in [2.24, 2.45) is 0 Å². The van der Waals surface area contributed by atoms with Crippen molar-refractivity contribution in [1.82, 2.24) is 4.90 Å². The number of aliphatic hydroxyl groups excluding tert-OH is 3. The lowest BCUT2D eigenvalue weighted by atomic mass is 9.90. The topological polar surface area (TPSA) is 90.2 Å². The van der Waals surface area contributed by atoms with E-state index in [9.17, 15) is 15.0 Å². The lowest BCUT2D eigenvalue weighted by Crippen LogP contribution is -2.64. The third-order valence-electron chi connectivity index (χ3n) is 3.89. The van der Waals surface area contributed by atoms with E-state index in [-0.39, 0.29) is 18.6 Å². The van der Waals surface area contributed by atoms with Crippen LogP contribution in [0.2, 0.25) is 0 Å². The number of carbonyl (C=O) groups is 1. The van der Waals surface area contributed by atoms with Gasteiger partial charge in [0.25, 0.3) is 0 Å². The van der Waals surface area contributed by atoms with Gasteiger partial charge in [-0.15, -0.1) is 0 Å². The summed E-state index contributed by atoms with van der Waals surface area (Å²) >= 11 is 0. The van der Waals surface area contributed by atoms with Gasteiger partial charge in [0.2, 0.25) is 5.91 Å². The van der Waals surface area contributed by atoms with Crippen molar-refractivity contribution >= 4 is 5.91 Å². The molecule has 104 valence electrons. The quantitative estimate of drug-likeness (QED) is 0.554. The molecule has 2 saturated heterocycles. The molecular formula is C12H21NO5. The van der Waals surface area contributed by atoms with Crippen LogP contribution >= 0.6 is 0 Å². The van der Waals surface area contributed by atoms with Crippen molar-refractivity contribution in [3.05, 3.63) is 0 Å². The summed E-state index contributed by atoms with van der Waals surface area (Å²) in [5, 5.41) is 29.2. The number of aliphatic hydroxyl groups is 3. The molecule has 2 fully saturated rings. The van der Waals surface area contributed by atoms with Crippen molar-refractivity contribution in [1.29, 1.82) is 0 Å². The average molecular weight is 259 g/mol. The van der Waals surface area contributed by atoms with Gasteiger partial charge in [0.05, 0.1) is 18.8 Å². The molecule has 0 spiro atoms. The average Bonchev–Trinajstić information content (AvgIpc) is 2.55. The van der Waals surface area contributed by atoms with Gasteiger partial charge in [-0.25, -0.2) is 0 Å². The van der Waals surface area contributed by atoms with Crippen LogP contribution in [-0.2, 0) is 9.53 Å². The number of likely N-dealkylation sites (tertiary alicyclic amines) is 1. The van der Waals surface area contributed by atoms with Crippen LogP contribution in [0.25, 0.3) is 0 Å². The van der Waals surface area contributed by atoms with E-state index in [1.807, 2.05) is 0 Å². The molecule has 6 heteroatoms. The molecule has 6 nitrogen and oxygen atoms in total. The number of fused-ring (bicyclic) bond motifs is 1. The fraction of sp³-hybridized carbons (Fsp3) is 0.917. The summed E-state index contributed by atoms with van der Waals surface area (Å²) in [5.41, 5.74) is 0. The second-order valence-electron chi connectivity index (χ2n) is 5.08. The van der Waals surface area contributed by atoms with E-state index in [1.165, 1.54) is 6.92 Å². The van der Waals surface area contributed by atoms with Gasteiger partial charge in [-0.1, -0.05) is 0 Å². The summed E-state index contributed by atoms with van der Waals surface area (Å²) in [7, 11) is 0. The Balaban J connectivity index is 2.23. The molecule has 2 heterocycles. The zero-order valence-electron chi connectivity index (χ0n) is 10.5. The molecule has 0 aromatic heterocycles. The first-order valence-corrected chi connectivity index (χ1v) is 6.46. The molecule has 0 aromatic carbocycles. The van der Waals surface area contributed by atoms with Crippen LogP contribution in [0.5, 0.6) is 0 Å². The molecule has 5 atom stereocenters. The monoisotopic (exact) mass is 259 g/mol. The van der Waals surface area contributed by atoms with Gasteiger partial charge in [0, 0.05) is 13.5 Å².